The largest absolute Gasteiger partial charge is 0.480 e. The fourth-order valence-corrected chi connectivity index (χ4v) is 2.51. The summed E-state index contributed by atoms with van der Waals surface area (Å²) in [7, 11) is -2.61. The molecule has 0 atom stereocenters. The van der Waals surface area contributed by atoms with Crippen LogP contribution in [0.15, 0.2) is 17.3 Å². The van der Waals surface area contributed by atoms with Crippen LogP contribution in [0.25, 0.3) is 0 Å². The minimum atomic E-state index is -3.87. The van der Waals surface area contributed by atoms with Gasteiger partial charge in [-0.3, -0.25) is 14.3 Å². The number of rotatable bonds is 7. The Balaban J connectivity index is 2.84. The molecule has 1 heterocycles. The number of aliphatic carboxylic acids is 1. The number of carbonyl (C=O) groups excluding carboxylic acids is 1. The van der Waals surface area contributed by atoms with Crippen LogP contribution in [0.3, 0.4) is 0 Å². The van der Waals surface area contributed by atoms with Crippen LogP contribution in [-0.2, 0) is 26.2 Å². The van der Waals surface area contributed by atoms with E-state index in [1.54, 1.807) is 6.92 Å². The molecule has 0 aromatic carbocycles. The zero-order chi connectivity index (χ0) is 15.3. The minimum Gasteiger partial charge on any atom is -0.480 e. The molecule has 0 aliphatic carbocycles. The van der Waals surface area contributed by atoms with Gasteiger partial charge < -0.3 is 10.4 Å². The van der Waals surface area contributed by atoms with E-state index in [0.29, 0.717) is 6.54 Å². The maximum Gasteiger partial charge on any atom is 0.325 e. The first kappa shape index (κ1) is 16.1. The highest BCUT2D eigenvalue weighted by Crippen LogP contribution is 2.12. The van der Waals surface area contributed by atoms with Crippen LogP contribution in [0.4, 0.5) is 0 Å². The average molecular weight is 304 g/mol. The van der Waals surface area contributed by atoms with Gasteiger partial charge >= 0.3 is 5.97 Å². The molecule has 10 heteroatoms. The Bertz CT molecular complexity index is 595. The second-order valence-corrected chi connectivity index (χ2v) is 6.03. The summed E-state index contributed by atoms with van der Waals surface area (Å²) >= 11 is 0. The number of likely N-dealkylation sites (N-methyl/N-ethyl adjacent to an activating group) is 2. The van der Waals surface area contributed by atoms with Gasteiger partial charge in [0.1, 0.15) is 11.4 Å². The zero-order valence-electron chi connectivity index (χ0n) is 11.1. The van der Waals surface area contributed by atoms with Crippen molar-refractivity contribution in [2.75, 3.05) is 20.1 Å². The quantitative estimate of drug-likeness (QED) is 0.647. The van der Waals surface area contributed by atoms with Crippen molar-refractivity contribution in [2.45, 2.75) is 18.4 Å². The predicted octanol–water partition coefficient (Wildman–Crippen LogP) is -1.28. The number of nitrogens with one attached hydrogen (secondary N) is 1. The summed E-state index contributed by atoms with van der Waals surface area (Å²) in [5, 5.41) is 14.7. The molecule has 112 valence electrons. The Morgan fingerprint density at radius 3 is 2.70 bits per heavy atom. The number of nitrogens with zero attached hydrogens (tertiary/aromatic N) is 3. The lowest BCUT2D eigenvalue weighted by Crippen LogP contribution is -2.38. The Kier molecular flexibility index (Phi) is 5.22. The molecule has 1 amide bonds. The van der Waals surface area contributed by atoms with Crippen molar-refractivity contribution in [1.82, 2.24) is 19.4 Å². The molecule has 1 rings (SSSR count). The maximum absolute atomic E-state index is 12.1. The smallest absolute Gasteiger partial charge is 0.325 e. The van der Waals surface area contributed by atoms with E-state index in [0.717, 1.165) is 21.4 Å². The van der Waals surface area contributed by atoms with Crippen molar-refractivity contribution in [1.29, 1.82) is 0 Å². The minimum absolute atomic E-state index is 0.162. The highest BCUT2D eigenvalue weighted by molar-refractivity contribution is 7.89. The van der Waals surface area contributed by atoms with Gasteiger partial charge in [-0.15, -0.1) is 0 Å². The Labute approximate surface area is 116 Å². The third-order valence-electron chi connectivity index (χ3n) is 2.36. The van der Waals surface area contributed by atoms with Crippen molar-refractivity contribution >= 4 is 21.9 Å². The van der Waals surface area contributed by atoms with E-state index in [1.807, 2.05) is 0 Å². The maximum atomic E-state index is 12.1. The van der Waals surface area contributed by atoms with Crippen LogP contribution in [0, 0.1) is 0 Å². The molecule has 0 saturated carbocycles. The highest BCUT2D eigenvalue weighted by atomic mass is 32.2. The third-order valence-corrected chi connectivity index (χ3v) is 4.11. The summed E-state index contributed by atoms with van der Waals surface area (Å²) in [6, 6.07) is 0. The van der Waals surface area contributed by atoms with Crippen molar-refractivity contribution in [3.8, 4) is 0 Å². The molecule has 0 saturated heterocycles. The first-order valence-corrected chi connectivity index (χ1v) is 7.18. The van der Waals surface area contributed by atoms with E-state index in [-0.39, 0.29) is 11.4 Å². The van der Waals surface area contributed by atoms with E-state index in [2.05, 4.69) is 10.4 Å². The normalized spacial score (nSPS) is 11.6. The molecular formula is C10H16N4O5S. The second kappa shape index (κ2) is 6.48. The Morgan fingerprint density at radius 1 is 1.50 bits per heavy atom. The van der Waals surface area contributed by atoms with Gasteiger partial charge in [-0.2, -0.15) is 9.40 Å². The van der Waals surface area contributed by atoms with E-state index in [9.17, 15) is 18.0 Å². The lowest BCUT2D eigenvalue weighted by Gasteiger charge is -2.15. The lowest BCUT2D eigenvalue weighted by molar-refractivity contribution is -0.137. The number of aromatic nitrogens is 2. The van der Waals surface area contributed by atoms with Crippen molar-refractivity contribution in [3.63, 3.8) is 0 Å². The summed E-state index contributed by atoms with van der Waals surface area (Å²) in [5.74, 6) is -1.55. The van der Waals surface area contributed by atoms with E-state index >= 15 is 0 Å². The zero-order valence-corrected chi connectivity index (χ0v) is 11.9. The molecule has 1 aromatic heterocycles. The molecular weight excluding hydrogens is 288 g/mol. The molecule has 0 bridgehead atoms. The molecule has 0 aliphatic heterocycles. The lowest BCUT2D eigenvalue weighted by atomic mass is 10.5. The molecule has 20 heavy (non-hydrogen) atoms. The number of sulfonamides is 1. The summed E-state index contributed by atoms with van der Waals surface area (Å²) in [6.45, 7) is 1.38. The van der Waals surface area contributed by atoms with Crippen molar-refractivity contribution in [3.05, 3.63) is 12.4 Å². The Morgan fingerprint density at radius 2 is 2.15 bits per heavy atom. The molecule has 0 unspecified atom stereocenters. The molecule has 0 spiro atoms. The molecule has 9 nitrogen and oxygen atoms in total. The number of amides is 1. The van der Waals surface area contributed by atoms with Crippen LogP contribution in [0.1, 0.15) is 6.92 Å². The van der Waals surface area contributed by atoms with E-state index in [4.69, 9.17) is 5.11 Å². The number of hydrogen-bond acceptors (Lipinski definition) is 5. The van der Waals surface area contributed by atoms with Crippen LogP contribution >= 0.6 is 0 Å². The van der Waals surface area contributed by atoms with E-state index in [1.165, 1.54) is 7.05 Å². The third kappa shape index (κ3) is 4.03. The fraction of sp³-hybridized carbons (Fsp3) is 0.500. The van der Waals surface area contributed by atoms with Gasteiger partial charge in [0.2, 0.25) is 15.9 Å². The van der Waals surface area contributed by atoms with Crippen LogP contribution < -0.4 is 5.32 Å². The van der Waals surface area contributed by atoms with Gasteiger partial charge in [0.15, 0.2) is 0 Å². The fourth-order valence-electron chi connectivity index (χ4n) is 1.42. The SMILES string of the molecule is CCNC(=O)CN(C)S(=O)(=O)c1cnn(CC(=O)O)c1. The number of carbonyl (C=O) groups is 2. The van der Waals surface area contributed by atoms with Gasteiger partial charge in [-0.05, 0) is 6.92 Å². The summed E-state index contributed by atoms with van der Waals surface area (Å²) in [5.41, 5.74) is 0. The molecule has 0 fully saturated rings. The van der Waals surface area contributed by atoms with Gasteiger partial charge in [0.25, 0.3) is 0 Å². The standard InChI is InChI=1S/C10H16N4O5S/c1-3-11-9(15)6-13(2)20(18,19)8-4-12-14(5-8)7-10(16)17/h4-5H,3,6-7H2,1-2H3,(H,11,15)(H,16,17). The topological polar surface area (TPSA) is 122 Å². The number of hydrogen-bond donors (Lipinski definition) is 2. The Hall–Kier alpha value is -1.94. The van der Waals surface area contributed by atoms with Gasteiger partial charge in [0.05, 0.1) is 12.7 Å². The predicted molar refractivity (Wildman–Crippen MR) is 68.4 cm³/mol. The summed E-state index contributed by atoms with van der Waals surface area (Å²) in [4.78, 5) is 21.7. The molecule has 0 radical (unpaired) electrons. The average Bonchev–Trinajstić information content (AvgIpc) is 2.77. The first-order valence-electron chi connectivity index (χ1n) is 5.74. The van der Waals surface area contributed by atoms with Crippen LogP contribution in [-0.4, -0.2) is 59.6 Å². The van der Waals surface area contributed by atoms with Crippen LogP contribution in [0.2, 0.25) is 0 Å². The molecule has 0 aliphatic rings. The second-order valence-electron chi connectivity index (χ2n) is 3.98. The number of carboxylic acids is 1. The summed E-state index contributed by atoms with van der Waals surface area (Å²) < 4.78 is 26.1. The van der Waals surface area contributed by atoms with Crippen molar-refractivity contribution < 1.29 is 23.1 Å². The first-order chi connectivity index (χ1) is 9.27. The van der Waals surface area contributed by atoms with Crippen LogP contribution in [0.5, 0.6) is 0 Å². The van der Waals surface area contributed by atoms with Gasteiger partial charge in [-0.1, -0.05) is 0 Å². The van der Waals surface area contributed by atoms with E-state index < -0.39 is 28.4 Å². The van der Waals surface area contributed by atoms with Crippen molar-refractivity contribution in [2.24, 2.45) is 0 Å². The number of carboxylic acid groups (broad SMARTS) is 1. The van der Waals surface area contributed by atoms with Gasteiger partial charge in [-0.25, -0.2) is 8.42 Å². The summed E-state index contributed by atoms with van der Waals surface area (Å²) in [6.07, 6.45) is 2.16. The molecule has 2 N–H and O–H groups in total. The van der Waals surface area contributed by atoms with Gasteiger partial charge in [0, 0.05) is 19.8 Å². The molecule has 1 aromatic rings. The highest BCUT2D eigenvalue weighted by Gasteiger charge is 2.24. The monoisotopic (exact) mass is 304 g/mol.